The predicted molar refractivity (Wildman–Crippen MR) is 79.4 cm³/mol. The number of nitrogens with zero attached hydrogens (tertiary/aromatic N) is 1. The van der Waals surface area contributed by atoms with Gasteiger partial charge in [0.05, 0.1) is 11.1 Å². The molecule has 20 heavy (non-hydrogen) atoms. The van der Waals surface area contributed by atoms with Gasteiger partial charge in [-0.2, -0.15) is 0 Å². The second kappa shape index (κ2) is 5.59. The van der Waals surface area contributed by atoms with Crippen molar-refractivity contribution < 1.29 is 4.79 Å². The van der Waals surface area contributed by atoms with Gasteiger partial charge < -0.3 is 11.1 Å². The van der Waals surface area contributed by atoms with Crippen LogP contribution >= 0.6 is 0 Å². The van der Waals surface area contributed by atoms with E-state index in [9.17, 15) is 4.79 Å². The number of carbonyl (C=O) groups excluding carboxylic acids is 1. The first-order valence-corrected chi connectivity index (χ1v) is 7.16. The topological polar surface area (TPSA) is 68.0 Å². The van der Waals surface area contributed by atoms with Crippen molar-refractivity contribution in [2.45, 2.75) is 37.8 Å². The van der Waals surface area contributed by atoms with Crippen LogP contribution in [0.15, 0.2) is 36.5 Å². The van der Waals surface area contributed by atoms with Gasteiger partial charge in [0.2, 0.25) is 0 Å². The standard InChI is InChI=1S/C16H19N3O/c17-13-8-1-2-9-14(13)19-16(20)12-7-3-5-11-6-4-10-18-15(11)12/h3-7,10,13-14H,1-2,8-9,17H2,(H,19,20). The molecule has 0 radical (unpaired) electrons. The Labute approximate surface area is 118 Å². The summed E-state index contributed by atoms with van der Waals surface area (Å²) in [5, 5.41) is 4.05. The number of amides is 1. The third-order valence-corrected chi connectivity index (χ3v) is 4.01. The van der Waals surface area contributed by atoms with Gasteiger partial charge in [0.15, 0.2) is 0 Å². The summed E-state index contributed by atoms with van der Waals surface area (Å²) in [6.45, 7) is 0. The summed E-state index contributed by atoms with van der Waals surface area (Å²) in [6.07, 6.45) is 5.95. The van der Waals surface area contributed by atoms with Crippen molar-refractivity contribution in [2.75, 3.05) is 0 Å². The van der Waals surface area contributed by atoms with Gasteiger partial charge in [-0.05, 0) is 25.0 Å². The number of hydrogen-bond donors (Lipinski definition) is 2. The normalized spacial score (nSPS) is 22.6. The molecule has 1 aromatic carbocycles. The van der Waals surface area contributed by atoms with E-state index in [1.165, 1.54) is 0 Å². The Morgan fingerprint density at radius 3 is 2.85 bits per heavy atom. The Balaban J connectivity index is 1.85. The molecule has 1 heterocycles. The number of fused-ring (bicyclic) bond motifs is 1. The minimum absolute atomic E-state index is 0.0654. The van der Waals surface area contributed by atoms with E-state index in [-0.39, 0.29) is 18.0 Å². The van der Waals surface area contributed by atoms with Crippen LogP contribution in [0.3, 0.4) is 0 Å². The number of carbonyl (C=O) groups is 1. The third-order valence-electron chi connectivity index (χ3n) is 4.01. The third kappa shape index (κ3) is 2.51. The van der Waals surface area contributed by atoms with E-state index in [4.69, 9.17) is 5.73 Å². The summed E-state index contributed by atoms with van der Waals surface area (Å²) in [4.78, 5) is 16.8. The molecule has 0 aliphatic heterocycles. The summed E-state index contributed by atoms with van der Waals surface area (Å²) in [6, 6.07) is 9.65. The van der Waals surface area contributed by atoms with E-state index in [0.29, 0.717) is 5.56 Å². The first-order chi connectivity index (χ1) is 9.75. The van der Waals surface area contributed by atoms with E-state index in [1.54, 1.807) is 6.20 Å². The minimum atomic E-state index is -0.0725. The highest BCUT2D eigenvalue weighted by atomic mass is 16.1. The van der Waals surface area contributed by atoms with Crippen molar-refractivity contribution in [3.63, 3.8) is 0 Å². The number of pyridine rings is 1. The quantitative estimate of drug-likeness (QED) is 0.878. The molecule has 2 unspecified atom stereocenters. The Kier molecular flexibility index (Phi) is 3.65. The number of hydrogen-bond acceptors (Lipinski definition) is 3. The lowest BCUT2D eigenvalue weighted by Gasteiger charge is -2.29. The highest BCUT2D eigenvalue weighted by Gasteiger charge is 2.24. The molecule has 1 saturated carbocycles. The van der Waals surface area contributed by atoms with Crippen molar-refractivity contribution in [3.05, 3.63) is 42.1 Å². The molecule has 1 aromatic heterocycles. The van der Waals surface area contributed by atoms with Gasteiger partial charge in [-0.25, -0.2) is 0 Å². The Bertz CT molecular complexity index is 621. The Hall–Kier alpha value is -1.94. The second-order valence-electron chi connectivity index (χ2n) is 5.41. The van der Waals surface area contributed by atoms with E-state index < -0.39 is 0 Å². The van der Waals surface area contributed by atoms with Crippen LogP contribution in [0.4, 0.5) is 0 Å². The van der Waals surface area contributed by atoms with Crippen molar-refractivity contribution in [1.29, 1.82) is 0 Å². The largest absolute Gasteiger partial charge is 0.348 e. The van der Waals surface area contributed by atoms with Gasteiger partial charge in [-0.3, -0.25) is 9.78 Å². The van der Waals surface area contributed by atoms with Gasteiger partial charge in [0.1, 0.15) is 0 Å². The molecule has 1 amide bonds. The molecule has 3 rings (SSSR count). The molecular weight excluding hydrogens is 250 g/mol. The number of nitrogens with two attached hydrogens (primary N) is 1. The fourth-order valence-electron chi connectivity index (χ4n) is 2.87. The lowest BCUT2D eigenvalue weighted by atomic mass is 9.91. The average Bonchev–Trinajstić information content (AvgIpc) is 2.49. The van der Waals surface area contributed by atoms with Crippen LogP contribution in [0.2, 0.25) is 0 Å². The van der Waals surface area contributed by atoms with E-state index >= 15 is 0 Å². The summed E-state index contributed by atoms with van der Waals surface area (Å²) >= 11 is 0. The highest BCUT2D eigenvalue weighted by Crippen LogP contribution is 2.19. The Morgan fingerprint density at radius 1 is 1.20 bits per heavy atom. The van der Waals surface area contributed by atoms with E-state index in [1.807, 2.05) is 30.3 Å². The molecular formula is C16H19N3O. The fourth-order valence-corrected chi connectivity index (χ4v) is 2.87. The summed E-state index contributed by atoms with van der Waals surface area (Å²) in [5.74, 6) is -0.0725. The lowest BCUT2D eigenvalue weighted by Crippen LogP contribution is -2.49. The second-order valence-corrected chi connectivity index (χ2v) is 5.41. The average molecular weight is 269 g/mol. The zero-order chi connectivity index (χ0) is 13.9. The maximum atomic E-state index is 12.5. The smallest absolute Gasteiger partial charge is 0.253 e. The molecule has 0 saturated heterocycles. The van der Waals surface area contributed by atoms with Crippen LogP contribution in [-0.4, -0.2) is 23.0 Å². The summed E-state index contributed by atoms with van der Waals surface area (Å²) < 4.78 is 0. The molecule has 2 aromatic rings. The van der Waals surface area contributed by atoms with E-state index in [2.05, 4.69) is 10.3 Å². The molecule has 0 bridgehead atoms. The molecule has 1 aliphatic carbocycles. The van der Waals surface area contributed by atoms with Crippen molar-refractivity contribution >= 4 is 16.8 Å². The molecule has 104 valence electrons. The van der Waals surface area contributed by atoms with Crippen LogP contribution in [0.1, 0.15) is 36.0 Å². The van der Waals surface area contributed by atoms with Crippen LogP contribution in [0, 0.1) is 0 Å². The van der Waals surface area contributed by atoms with Gasteiger partial charge in [-0.15, -0.1) is 0 Å². The zero-order valence-corrected chi connectivity index (χ0v) is 11.4. The van der Waals surface area contributed by atoms with Gasteiger partial charge in [0.25, 0.3) is 5.91 Å². The van der Waals surface area contributed by atoms with Crippen molar-refractivity contribution in [1.82, 2.24) is 10.3 Å². The SMILES string of the molecule is NC1CCCCC1NC(=O)c1cccc2cccnc12. The highest BCUT2D eigenvalue weighted by molar-refractivity contribution is 6.05. The number of para-hydroxylation sites is 1. The monoisotopic (exact) mass is 269 g/mol. The first-order valence-electron chi connectivity index (χ1n) is 7.16. The van der Waals surface area contributed by atoms with Crippen LogP contribution in [-0.2, 0) is 0 Å². The van der Waals surface area contributed by atoms with Crippen LogP contribution in [0.25, 0.3) is 10.9 Å². The van der Waals surface area contributed by atoms with Crippen molar-refractivity contribution in [3.8, 4) is 0 Å². The lowest BCUT2D eigenvalue weighted by molar-refractivity contribution is 0.0923. The van der Waals surface area contributed by atoms with Gasteiger partial charge >= 0.3 is 0 Å². The van der Waals surface area contributed by atoms with E-state index in [0.717, 1.165) is 36.6 Å². The molecule has 1 fully saturated rings. The zero-order valence-electron chi connectivity index (χ0n) is 11.4. The minimum Gasteiger partial charge on any atom is -0.348 e. The molecule has 2 atom stereocenters. The fraction of sp³-hybridized carbons (Fsp3) is 0.375. The van der Waals surface area contributed by atoms with Crippen LogP contribution in [0.5, 0.6) is 0 Å². The maximum absolute atomic E-state index is 12.5. The molecule has 3 N–H and O–H groups in total. The summed E-state index contributed by atoms with van der Waals surface area (Å²) in [5.41, 5.74) is 7.46. The maximum Gasteiger partial charge on any atom is 0.253 e. The molecule has 4 heteroatoms. The Morgan fingerprint density at radius 2 is 2.00 bits per heavy atom. The van der Waals surface area contributed by atoms with Gasteiger partial charge in [-0.1, -0.05) is 31.0 Å². The molecule has 4 nitrogen and oxygen atoms in total. The number of aromatic nitrogens is 1. The summed E-state index contributed by atoms with van der Waals surface area (Å²) in [7, 11) is 0. The number of benzene rings is 1. The van der Waals surface area contributed by atoms with Crippen molar-refractivity contribution in [2.24, 2.45) is 5.73 Å². The number of rotatable bonds is 2. The van der Waals surface area contributed by atoms with Gasteiger partial charge in [0, 0.05) is 23.7 Å². The molecule has 1 aliphatic rings. The predicted octanol–water partition coefficient (Wildman–Crippen LogP) is 2.23. The number of nitrogens with one attached hydrogen (secondary N) is 1. The van der Waals surface area contributed by atoms with Crippen LogP contribution < -0.4 is 11.1 Å². The first kappa shape index (κ1) is 13.1. The molecule has 0 spiro atoms.